The highest BCUT2D eigenvalue weighted by molar-refractivity contribution is 5.99. The first kappa shape index (κ1) is 12.2. The maximum atomic E-state index is 12.3. The quantitative estimate of drug-likeness (QED) is 0.893. The molecule has 1 aromatic carbocycles. The van der Waals surface area contributed by atoms with E-state index in [-0.39, 0.29) is 30.3 Å². The monoisotopic (exact) mass is 258 g/mol. The lowest BCUT2D eigenvalue weighted by molar-refractivity contribution is -0.125. The number of amides is 2. The van der Waals surface area contributed by atoms with Crippen molar-refractivity contribution in [3.8, 4) is 0 Å². The van der Waals surface area contributed by atoms with Crippen LogP contribution in [-0.2, 0) is 16.0 Å². The third-order valence-corrected chi connectivity index (χ3v) is 3.84. The molecule has 0 bridgehead atoms. The summed E-state index contributed by atoms with van der Waals surface area (Å²) in [6.45, 7) is 2.15. The van der Waals surface area contributed by atoms with Crippen LogP contribution in [0.15, 0.2) is 24.3 Å². The van der Waals surface area contributed by atoms with Crippen molar-refractivity contribution in [2.45, 2.75) is 32.2 Å². The third-order valence-electron chi connectivity index (χ3n) is 3.84. The van der Waals surface area contributed by atoms with Crippen LogP contribution in [0, 0.1) is 5.92 Å². The minimum absolute atomic E-state index is 0.0217. The van der Waals surface area contributed by atoms with E-state index in [1.54, 1.807) is 0 Å². The first-order valence-corrected chi connectivity index (χ1v) is 6.84. The van der Waals surface area contributed by atoms with Gasteiger partial charge in [-0.05, 0) is 37.8 Å². The van der Waals surface area contributed by atoms with Gasteiger partial charge < -0.3 is 10.2 Å². The topological polar surface area (TPSA) is 49.4 Å². The molecule has 19 heavy (non-hydrogen) atoms. The fourth-order valence-electron chi connectivity index (χ4n) is 2.68. The van der Waals surface area contributed by atoms with Gasteiger partial charge in [0, 0.05) is 17.6 Å². The van der Waals surface area contributed by atoms with E-state index in [0.29, 0.717) is 0 Å². The molecule has 0 aromatic heterocycles. The molecule has 1 aromatic rings. The smallest absolute Gasteiger partial charge is 0.246 e. The predicted molar refractivity (Wildman–Crippen MR) is 72.8 cm³/mol. The molecule has 1 atom stereocenters. The van der Waals surface area contributed by atoms with Crippen molar-refractivity contribution >= 4 is 17.5 Å². The van der Waals surface area contributed by atoms with Crippen LogP contribution in [0.2, 0.25) is 0 Å². The zero-order chi connectivity index (χ0) is 13.4. The summed E-state index contributed by atoms with van der Waals surface area (Å²) in [7, 11) is 0. The van der Waals surface area contributed by atoms with Gasteiger partial charge in [0.25, 0.3) is 0 Å². The number of rotatable bonds is 3. The number of hydrogen-bond acceptors (Lipinski definition) is 2. The fourth-order valence-corrected chi connectivity index (χ4v) is 2.68. The Morgan fingerprint density at radius 2 is 2.05 bits per heavy atom. The summed E-state index contributed by atoms with van der Waals surface area (Å²) >= 11 is 0. The summed E-state index contributed by atoms with van der Waals surface area (Å²) in [5.74, 6) is 0.149. The van der Waals surface area contributed by atoms with Crippen molar-refractivity contribution in [3.05, 3.63) is 29.8 Å². The maximum absolute atomic E-state index is 12.3. The van der Waals surface area contributed by atoms with Crippen LogP contribution < -0.4 is 10.2 Å². The number of carbonyl (C=O) groups excluding carboxylic acids is 2. The van der Waals surface area contributed by atoms with Gasteiger partial charge in [0.15, 0.2) is 0 Å². The Balaban J connectivity index is 1.67. The van der Waals surface area contributed by atoms with Crippen LogP contribution in [0.5, 0.6) is 0 Å². The van der Waals surface area contributed by atoms with E-state index in [1.165, 1.54) is 5.56 Å². The lowest BCUT2D eigenvalue weighted by Gasteiger charge is -2.22. The van der Waals surface area contributed by atoms with Gasteiger partial charge in [-0.1, -0.05) is 18.2 Å². The molecular formula is C15H18N2O2. The number of anilines is 1. The zero-order valence-electron chi connectivity index (χ0n) is 11.1. The van der Waals surface area contributed by atoms with Crippen LogP contribution >= 0.6 is 0 Å². The maximum Gasteiger partial charge on any atom is 0.246 e. The number of carbonyl (C=O) groups is 2. The number of para-hydroxylation sites is 1. The molecule has 1 heterocycles. The van der Waals surface area contributed by atoms with E-state index >= 15 is 0 Å². The van der Waals surface area contributed by atoms with Gasteiger partial charge in [-0.2, -0.15) is 0 Å². The standard InChI is InChI=1S/C15H18N2O2/c1-10-8-12-4-2-3-5-13(12)17(10)14(18)9-16-15(19)11-6-7-11/h2-5,10-11H,6-9H2,1H3,(H,16,19). The Morgan fingerprint density at radius 1 is 1.32 bits per heavy atom. The largest absolute Gasteiger partial charge is 0.347 e. The molecule has 4 nitrogen and oxygen atoms in total. The number of fused-ring (bicyclic) bond motifs is 1. The Labute approximate surface area is 112 Å². The Kier molecular flexibility index (Phi) is 3.01. The Bertz CT molecular complexity index is 523. The molecule has 0 saturated heterocycles. The average Bonchev–Trinajstić information content (AvgIpc) is 3.18. The average molecular weight is 258 g/mol. The normalized spacial score (nSPS) is 21.1. The summed E-state index contributed by atoms with van der Waals surface area (Å²) in [4.78, 5) is 25.7. The predicted octanol–water partition coefficient (Wildman–Crippen LogP) is 1.49. The molecule has 0 spiro atoms. The van der Waals surface area contributed by atoms with Gasteiger partial charge in [0.2, 0.25) is 11.8 Å². The summed E-state index contributed by atoms with van der Waals surface area (Å²) in [5.41, 5.74) is 2.19. The van der Waals surface area contributed by atoms with Crippen LogP contribution in [0.4, 0.5) is 5.69 Å². The lowest BCUT2D eigenvalue weighted by Crippen LogP contribution is -2.43. The van der Waals surface area contributed by atoms with Crippen LogP contribution in [0.3, 0.4) is 0 Å². The number of nitrogens with one attached hydrogen (secondary N) is 1. The minimum atomic E-state index is -0.0218. The van der Waals surface area contributed by atoms with Crippen molar-refractivity contribution in [1.82, 2.24) is 5.32 Å². The van der Waals surface area contributed by atoms with E-state index in [0.717, 1.165) is 24.9 Å². The first-order valence-electron chi connectivity index (χ1n) is 6.84. The first-order chi connectivity index (χ1) is 9.16. The van der Waals surface area contributed by atoms with Crippen molar-refractivity contribution in [2.75, 3.05) is 11.4 Å². The van der Waals surface area contributed by atoms with Crippen LogP contribution in [-0.4, -0.2) is 24.4 Å². The van der Waals surface area contributed by atoms with Gasteiger partial charge in [-0.3, -0.25) is 9.59 Å². The van der Waals surface area contributed by atoms with Gasteiger partial charge in [-0.25, -0.2) is 0 Å². The molecule has 4 heteroatoms. The highest BCUT2D eigenvalue weighted by Crippen LogP contribution is 2.32. The molecule has 1 unspecified atom stereocenters. The molecule has 3 rings (SSSR count). The molecule has 1 saturated carbocycles. The van der Waals surface area contributed by atoms with E-state index < -0.39 is 0 Å². The molecule has 0 radical (unpaired) electrons. The third kappa shape index (κ3) is 2.35. The highest BCUT2D eigenvalue weighted by Gasteiger charge is 2.32. The molecule has 100 valence electrons. The van der Waals surface area contributed by atoms with Gasteiger partial charge in [0.05, 0.1) is 6.54 Å². The lowest BCUT2D eigenvalue weighted by atomic mass is 10.1. The Hall–Kier alpha value is -1.84. The number of hydrogen-bond donors (Lipinski definition) is 1. The second-order valence-corrected chi connectivity index (χ2v) is 5.44. The summed E-state index contributed by atoms with van der Waals surface area (Å²) in [6, 6.07) is 8.14. The van der Waals surface area contributed by atoms with Crippen LogP contribution in [0.1, 0.15) is 25.3 Å². The molecule has 1 aliphatic heterocycles. The molecule has 1 N–H and O–H groups in total. The van der Waals surface area contributed by atoms with Crippen molar-refractivity contribution < 1.29 is 9.59 Å². The van der Waals surface area contributed by atoms with Gasteiger partial charge >= 0.3 is 0 Å². The van der Waals surface area contributed by atoms with Crippen molar-refractivity contribution in [1.29, 1.82) is 0 Å². The van der Waals surface area contributed by atoms with Gasteiger partial charge in [0.1, 0.15) is 0 Å². The molecular weight excluding hydrogens is 240 g/mol. The van der Waals surface area contributed by atoms with E-state index in [1.807, 2.05) is 30.0 Å². The molecule has 2 aliphatic rings. The summed E-state index contributed by atoms with van der Waals surface area (Å²) in [5, 5.41) is 2.74. The van der Waals surface area contributed by atoms with Crippen molar-refractivity contribution in [3.63, 3.8) is 0 Å². The highest BCUT2D eigenvalue weighted by atomic mass is 16.2. The van der Waals surface area contributed by atoms with Gasteiger partial charge in [-0.15, -0.1) is 0 Å². The molecule has 1 fully saturated rings. The molecule has 2 amide bonds. The second-order valence-electron chi connectivity index (χ2n) is 5.44. The second kappa shape index (κ2) is 4.68. The van der Waals surface area contributed by atoms with Crippen LogP contribution in [0.25, 0.3) is 0 Å². The molecule has 1 aliphatic carbocycles. The van der Waals surface area contributed by atoms with E-state index in [4.69, 9.17) is 0 Å². The number of benzene rings is 1. The van der Waals surface area contributed by atoms with Crippen molar-refractivity contribution in [2.24, 2.45) is 5.92 Å². The zero-order valence-corrected chi connectivity index (χ0v) is 11.1. The fraction of sp³-hybridized carbons (Fsp3) is 0.467. The van der Waals surface area contributed by atoms with E-state index in [9.17, 15) is 9.59 Å². The SMILES string of the molecule is CC1Cc2ccccc2N1C(=O)CNC(=O)C1CC1. The Morgan fingerprint density at radius 3 is 2.79 bits per heavy atom. The minimum Gasteiger partial charge on any atom is -0.347 e. The summed E-state index contributed by atoms with van der Waals surface area (Å²) < 4.78 is 0. The number of nitrogens with zero attached hydrogens (tertiary/aromatic N) is 1. The summed E-state index contributed by atoms with van der Waals surface area (Å²) in [6.07, 6.45) is 2.81. The van der Waals surface area contributed by atoms with E-state index in [2.05, 4.69) is 11.4 Å².